The average Bonchev–Trinajstić information content (AvgIpc) is 2.76. The summed E-state index contributed by atoms with van der Waals surface area (Å²) < 4.78 is 38.4. The summed E-state index contributed by atoms with van der Waals surface area (Å²) in [4.78, 5) is 2.39. The first-order valence-corrected chi connectivity index (χ1v) is 10.3. The standard InChI is InChI=1S/C25H25F3N2/c26-25(27,28)21-8-4-9-22(18-21)29-14-5-15-30-16-12-20(13-17-30)24-11-3-7-19-6-1-2-10-23(19)24/h1-4,6-12,18,29H,5,13-17H2. The van der Waals surface area contributed by atoms with E-state index >= 15 is 0 Å². The van der Waals surface area contributed by atoms with Crippen molar-refractivity contribution in [1.82, 2.24) is 4.90 Å². The average molecular weight is 410 g/mol. The summed E-state index contributed by atoms with van der Waals surface area (Å²) in [6.45, 7) is 3.48. The largest absolute Gasteiger partial charge is 0.416 e. The third kappa shape index (κ3) is 4.85. The van der Waals surface area contributed by atoms with Gasteiger partial charge in [0.2, 0.25) is 0 Å². The Kier molecular flexibility index (Phi) is 6.09. The van der Waals surface area contributed by atoms with E-state index in [1.807, 2.05) is 0 Å². The predicted molar refractivity (Wildman–Crippen MR) is 118 cm³/mol. The van der Waals surface area contributed by atoms with E-state index in [1.54, 1.807) is 6.07 Å². The number of hydrogen-bond donors (Lipinski definition) is 1. The molecule has 1 aliphatic heterocycles. The molecule has 30 heavy (non-hydrogen) atoms. The number of halogens is 3. The topological polar surface area (TPSA) is 15.3 Å². The number of benzene rings is 3. The van der Waals surface area contributed by atoms with Crippen LogP contribution in [0.25, 0.3) is 16.3 Å². The van der Waals surface area contributed by atoms with Crippen LogP contribution in [0.2, 0.25) is 0 Å². The van der Waals surface area contributed by atoms with Gasteiger partial charge >= 0.3 is 6.18 Å². The van der Waals surface area contributed by atoms with Gasteiger partial charge in [-0.25, -0.2) is 0 Å². The van der Waals surface area contributed by atoms with Crippen molar-refractivity contribution in [2.75, 3.05) is 31.5 Å². The van der Waals surface area contributed by atoms with Gasteiger partial charge in [-0.1, -0.05) is 54.6 Å². The minimum atomic E-state index is -4.31. The summed E-state index contributed by atoms with van der Waals surface area (Å²) in [6.07, 6.45) is -0.103. The van der Waals surface area contributed by atoms with E-state index in [2.05, 4.69) is 58.8 Å². The highest BCUT2D eigenvalue weighted by atomic mass is 19.4. The van der Waals surface area contributed by atoms with E-state index in [1.165, 1.54) is 34.0 Å². The third-order valence-corrected chi connectivity index (χ3v) is 5.60. The van der Waals surface area contributed by atoms with E-state index in [0.717, 1.165) is 38.5 Å². The van der Waals surface area contributed by atoms with Crippen molar-refractivity contribution in [1.29, 1.82) is 0 Å². The van der Waals surface area contributed by atoms with Crippen LogP contribution in [0.15, 0.2) is 72.8 Å². The van der Waals surface area contributed by atoms with E-state index in [0.29, 0.717) is 12.2 Å². The van der Waals surface area contributed by atoms with Gasteiger partial charge in [0.25, 0.3) is 0 Å². The van der Waals surface area contributed by atoms with Gasteiger partial charge in [0.05, 0.1) is 5.56 Å². The predicted octanol–water partition coefficient (Wildman–Crippen LogP) is 6.45. The van der Waals surface area contributed by atoms with Gasteiger partial charge in [0.1, 0.15) is 0 Å². The zero-order chi connectivity index (χ0) is 21.0. The number of rotatable bonds is 6. The monoisotopic (exact) mass is 410 g/mol. The maximum Gasteiger partial charge on any atom is 0.416 e. The fourth-order valence-corrected chi connectivity index (χ4v) is 4.01. The van der Waals surface area contributed by atoms with Crippen LogP contribution < -0.4 is 5.32 Å². The van der Waals surface area contributed by atoms with Crippen molar-refractivity contribution >= 4 is 22.0 Å². The Morgan fingerprint density at radius 3 is 2.53 bits per heavy atom. The molecule has 0 unspecified atom stereocenters. The molecule has 0 amide bonds. The van der Waals surface area contributed by atoms with E-state index in [4.69, 9.17) is 0 Å². The third-order valence-electron chi connectivity index (χ3n) is 5.60. The SMILES string of the molecule is FC(F)(F)c1cccc(NCCCN2CC=C(c3cccc4ccccc34)CC2)c1. The maximum atomic E-state index is 12.8. The van der Waals surface area contributed by atoms with Crippen LogP contribution in [0.4, 0.5) is 18.9 Å². The molecule has 0 atom stereocenters. The van der Waals surface area contributed by atoms with Crippen molar-refractivity contribution in [2.24, 2.45) is 0 Å². The van der Waals surface area contributed by atoms with Crippen molar-refractivity contribution in [2.45, 2.75) is 19.0 Å². The molecule has 3 aromatic rings. The molecule has 0 saturated carbocycles. The highest BCUT2D eigenvalue weighted by Gasteiger charge is 2.30. The lowest BCUT2D eigenvalue weighted by atomic mass is 9.94. The van der Waals surface area contributed by atoms with Gasteiger partial charge in [0, 0.05) is 31.9 Å². The van der Waals surface area contributed by atoms with E-state index in [9.17, 15) is 13.2 Å². The number of nitrogens with zero attached hydrogens (tertiary/aromatic N) is 1. The molecule has 0 saturated heterocycles. The molecule has 0 aromatic heterocycles. The molecular formula is C25H25F3N2. The van der Waals surface area contributed by atoms with Crippen LogP contribution in [-0.4, -0.2) is 31.1 Å². The van der Waals surface area contributed by atoms with Crippen molar-refractivity contribution in [3.63, 3.8) is 0 Å². The van der Waals surface area contributed by atoms with Crippen LogP contribution in [-0.2, 0) is 6.18 Å². The molecule has 4 rings (SSSR count). The van der Waals surface area contributed by atoms with E-state index < -0.39 is 11.7 Å². The first kappa shape index (κ1) is 20.5. The summed E-state index contributed by atoms with van der Waals surface area (Å²) in [5, 5.41) is 5.67. The summed E-state index contributed by atoms with van der Waals surface area (Å²) >= 11 is 0. The Morgan fingerprint density at radius 2 is 1.73 bits per heavy atom. The maximum absolute atomic E-state index is 12.8. The molecule has 0 bridgehead atoms. The Hall–Kier alpha value is -2.79. The molecule has 1 heterocycles. The normalized spacial score (nSPS) is 15.2. The summed E-state index contributed by atoms with van der Waals surface area (Å²) in [5.41, 5.74) is 2.61. The molecule has 2 nitrogen and oxygen atoms in total. The number of anilines is 1. The Labute approximate surface area is 175 Å². The zero-order valence-electron chi connectivity index (χ0n) is 16.8. The molecule has 1 N–H and O–H groups in total. The molecule has 0 aliphatic carbocycles. The molecule has 5 heteroatoms. The van der Waals surface area contributed by atoms with Gasteiger partial charge in [-0.2, -0.15) is 13.2 Å². The zero-order valence-corrected chi connectivity index (χ0v) is 16.8. The molecule has 0 spiro atoms. The second-order valence-electron chi connectivity index (χ2n) is 7.67. The van der Waals surface area contributed by atoms with Crippen LogP contribution in [0.1, 0.15) is 24.0 Å². The number of nitrogens with one attached hydrogen (secondary N) is 1. The van der Waals surface area contributed by atoms with Crippen LogP contribution in [0.5, 0.6) is 0 Å². The lowest BCUT2D eigenvalue weighted by molar-refractivity contribution is -0.137. The van der Waals surface area contributed by atoms with Gasteiger partial charge in [-0.3, -0.25) is 4.90 Å². The van der Waals surface area contributed by atoms with Gasteiger partial charge < -0.3 is 5.32 Å². The van der Waals surface area contributed by atoms with Crippen molar-refractivity contribution < 1.29 is 13.2 Å². The highest BCUT2D eigenvalue weighted by molar-refractivity contribution is 5.94. The molecule has 156 valence electrons. The van der Waals surface area contributed by atoms with Gasteiger partial charge in [0.15, 0.2) is 0 Å². The Bertz CT molecular complexity index is 1030. The van der Waals surface area contributed by atoms with Crippen molar-refractivity contribution in [3.8, 4) is 0 Å². The summed E-state index contributed by atoms with van der Waals surface area (Å²) in [6, 6.07) is 20.3. The lowest BCUT2D eigenvalue weighted by Gasteiger charge is -2.27. The van der Waals surface area contributed by atoms with Crippen LogP contribution >= 0.6 is 0 Å². The summed E-state index contributed by atoms with van der Waals surface area (Å²) in [5.74, 6) is 0. The molecular weight excluding hydrogens is 385 g/mol. The Morgan fingerprint density at radius 1 is 0.933 bits per heavy atom. The number of hydrogen-bond acceptors (Lipinski definition) is 2. The lowest BCUT2D eigenvalue weighted by Crippen LogP contribution is -2.30. The quantitative estimate of drug-likeness (QED) is 0.470. The minimum absolute atomic E-state index is 0.515. The smallest absolute Gasteiger partial charge is 0.385 e. The first-order valence-electron chi connectivity index (χ1n) is 10.3. The fourth-order valence-electron chi connectivity index (χ4n) is 4.01. The van der Waals surface area contributed by atoms with Gasteiger partial charge in [-0.15, -0.1) is 0 Å². The van der Waals surface area contributed by atoms with Crippen LogP contribution in [0, 0.1) is 0 Å². The first-order chi connectivity index (χ1) is 14.5. The summed E-state index contributed by atoms with van der Waals surface area (Å²) in [7, 11) is 0. The van der Waals surface area contributed by atoms with E-state index in [-0.39, 0.29) is 0 Å². The Balaban J connectivity index is 1.29. The molecule has 1 aliphatic rings. The molecule has 3 aromatic carbocycles. The minimum Gasteiger partial charge on any atom is -0.385 e. The second-order valence-corrected chi connectivity index (χ2v) is 7.67. The van der Waals surface area contributed by atoms with Crippen LogP contribution in [0.3, 0.4) is 0 Å². The van der Waals surface area contributed by atoms with Crippen molar-refractivity contribution in [3.05, 3.63) is 83.9 Å². The second kappa shape index (κ2) is 8.92. The van der Waals surface area contributed by atoms with Gasteiger partial charge in [-0.05, 0) is 52.9 Å². The molecule has 0 radical (unpaired) electrons. The number of fused-ring (bicyclic) bond motifs is 1. The number of alkyl halides is 3. The highest BCUT2D eigenvalue weighted by Crippen LogP contribution is 2.31. The fraction of sp³-hybridized carbons (Fsp3) is 0.280. The molecule has 0 fully saturated rings.